The molecule has 1 saturated heterocycles. The van der Waals surface area contributed by atoms with Crippen molar-refractivity contribution in [1.29, 1.82) is 5.26 Å². The van der Waals surface area contributed by atoms with E-state index in [1.807, 2.05) is 6.92 Å². The van der Waals surface area contributed by atoms with E-state index in [0.717, 1.165) is 0 Å². The predicted octanol–water partition coefficient (Wildman–Crippen LogP) is 1.79. The highest BCUT2D eigenvalue weighted by Gasteiger charge is 2.21. The Morgan fingerprint density at radius 3 is 2.90 bits per heavy atom. The first-order chi connectivity index (χ1) is 9.74. The Morgan fingerprint density at radius 1 is 1.40 bits per heavy atom. The fourth-order valence-electron chi connectivity index (χ4n) is 1.86. The van der Waals surface area contributed by atoms with Crippen molar-refractivity contribution < 1.29 is 19.0 Å². The van der Waals surface area contributed by atoms with Gasteiger partial charge in [-0.1, -0.05) is 0 Å². The van der Waals surface area contributed by atoms with Crippen LogP contribution in [-0.4, -0.2) is 43.9 Å². The summed E-state index contributed by atoms with van der Waals surface area (Å²) in [5.41, 5.74) is 0.518. The molecule has 1 amide bonds. The van der Waals surface area contributed by atoms with Crippen LogP contribution in [0.1, 0.15) is 12.5 Å². The minimum Gasteiger partial charge on any atom is -0.490 e. The van der Waals surface area contributed by atoms with E-state index in [4.69, 9.17) is 19.5 Å². The van der Waals surface area contributed by atoms with E-state index in [0.29, 0.717) is 50.0 Å². The Hall–Kier alpha value is -2.42. The zero-order valence-electron chi connectivity index (χ0n) is 11.3. The Labute approximate surface area is 117 Å². The van der Waals surface area contributed by atoms with Gasteiger partial charge >= 0.3 is 6.09 Å². The number of rotatable bonds is 6. The van der Waals surface area contributed by atoms with Gasteiger partial charge < -0.3 is 19.1 Å². The molecule has 0 atom stereocenters. The second-order valence-electron chi connectivity index (χ2n) is 4.16. The summed E-state index contributed by atoms with van der Waals surface area (Å²) in [6, 6.07) is 7.07. The van der Waals surface area contributed by atoms with Crippen LogP contribution in [0, 0.1) is 11.3 Å². The maximum absolute atomic E-state index is 11.3. The van der Waals surface area contributed by atoms with Gasteiger partial charge in [0.2, 0.25) is 0 Å². The van der Waals surface area contributed by atoms with Crippen LogP contribution in [0.2, 0.25) is 0 Å². The van der Waals surface area contributed by atoms with E-state index < -0.39 is 0 Å². The van der Waals surface area contributed by atoms with Gasteiger partial charge in [0, 0.05) is 6.07 Å². The van der Waals surface area contributed by atoms with E-state index in [9.17, 15) is 4.79 Å². The van der Waals surface area contributed by atoms with Crippen molar-refractivity contribution in [3.63, 3.8) is 0 Å². The lowest BCUT2D eigenvalue weighted by Gasteiger charge is -2.15. The molecule has 106 valence electrons. The summed E-state index contributed by atoms with van der Waals surface area (Å²) in [7, 11) is 0. The second kappa shape index (κ2) is 6.66. The van der Waals surface area contributed by atoms with Gasteiger partial charge in [0.05, 0.1) is 31.3 Å². The van der Waals surface area contributed by atoms with Crippen LogP contribution in [0.5, 0.6) is 11.5 Å². The van der Waals surface area contributed by atoms with Crippen LogP contribution >= 0.6 is 0 Å². The van der Waals surface area contributed by atoms with Gasteiger partial charge in [-0.15, -0.1) is 0 Å². The summed E-state index contributed by atoms with van der Waals surface area (Å²) in [4.78, 5) is 12.8. The average Bonchev–Trinajstić information content (AvgIpc) is 2.86. The van der Waals surface area contributed by atoms with Crippen LogP contribution in [-0.2, 0) is 4.74 Å². The molecule has 0 N–H and O–H groups in total. The molecule has 6 heteroatoms. The minimum absolute atomic E-state index is 0.307. The van der Waals surface area contributed by atoms with Gasteiger partial charge in [-0.25, -0.2) is 4.79 Å². The molecular formula is C14H16N2O4. The van der Waals surface area contributed by atoms with Crippen molar-refractivity contribution in [2.75, 3.05) is 32.9 Å². The molecule has 0 bridgehead atoms. The molecule has 1 aromatic rings. The zero-order chi connectivity index (χ0) is 14.4. The van der Waals surface area contributed by atoms with Gasteiger partial charge in [-0.2, -0.15) is 5.26 Å². The van der Waals surface area contributed by atoms with Gasteiger partial charge in [-0.05, 0) is 19.1 Å². The summed E-state index contributed by atoms with van der Waals surface area (Å²) >= 11 is 0. The van der Waals surface area contributed by atoms with Crippen molar-refractivity contribution in [2.45, 2.75) is 6.92 Å². The standard InChI is InChI=1S/C14H16N2O4/c1-2-18-13-9-11(10-15)3-4-12(13)19-7-5-16-6-8-20-14(16)17/h3-4,9H,2,5-8H2,1H3. The third-order valence-corrected chi connectivity index (χ3v) is 2.84. The minimum atomic E-state index is -0.307. The third kappa shape index (κ3) is 3.32. The number of ether oxygens (including phenoxy) is 3. The summed E-state index contributed by atoms with van der Waals surface area (Å²) < 4.78 is 15.9. The monoisotopic (exact) mass is 276 g/mol. The third-order valence-electron chi connectivity index (χ3n) is 2.84. The van der Waals surface area contributed by atoms with Gasteiger partial charge in [0.1, 0.15) is 13.2 Å². The Bertz CT molecular complexity index is 524. The van der Waals surface area contributed by atoms with Crippen molar-refractivity contribution >= 4 is 6.09 Å². The molecule has 1 heterocycles. The number of nitriles is 1. The van der Waals surface area contributed by atoms with Crippen molar-refractivity contribution in [2.24, 2.45) is 0 Å². The molecule has 0 unspecified atom stereocenters. The van der Waals surface area contributed by atoms with Crippen LogP contribution < -0.4 is 9.47 Å². The molecule has 0 radical (unpaired) electrons. The molecule has 0 aromatic heterocycles. The Morgan fingerprint density at radius 2 is 2.25 bits per heavy atom. The van der Waals surface area contributed by atoms with E-state index >= 15 is 0 Å². The molecule has 20 heavy (non-hydrogen) atoms. The quantitative estimate of drug-likeness (QED) is 0.792. The highest BCUT2D eigenvalue weighted by molar-refractivity contribution is 5.69. The summed E-state index contributed by atoms with van der Waals surface area (Å²) in [5.74, 6) is 1.11. The van der Waals surface area contributed by atoms with Crippen molar-refractivity contribution in [3.05, 3.63) is 23.8 Å². The molecular weight excluding hydrogens is 260 g/mol. The summed E-state index contributed by atoms with van der Waals surface area (Å²) in [5, 5.41) is 8.87. The van der Waals surface area contributed by atoms with Gasteiger partial charge in [-0.3, -0.25) is 0 Å². The number of hydrogen-bond acceptors (Lipinski definition) is 5. The topological polar surface area (TPSA) is 71.8 Å². The highest BCUT2D eigenvalue weighted by atomic mass is 16.6. The molecule has 1 aromatic carbocycles. The van der Waals surface area contributed by atoms with Crippen LogP contribution in [0.3, 0.4) is 0 Å². The lowest BCUT2D eigenvalue weighted by atomic mass is 10.2. The SMILES string of the molecule is CCOc1cc(C#N)ccc1OCCN1CCOC1=O. The first-order valence-electron chi connectivity index (χ1n) is 6.46. The highest BCUT2D eigenvalue weighted by Crippen LogP contribution is 2.28. The number of carbonyl (C=O) groups excluding carboxylic acids is 1. The zero-order valence-corrected chi connectivity index (χ0v) is 11.3. The molecule has 6 nitrogen and oxygen atoms in total. The molecule has 0 spiro atoms. The molecule has 0 saturated carbocycles. The molecule has 1 fully saturated rings. The maximum atomic E-state index is 11.3. The largest absolute Gasteiger partial charge is 0.490 e. The molecule has 2 rings (SSSR count). The van der Waals surface area contributed by atoms with Crippen molar-refractivity contribution in [3.8, 4) is 17.6 Å². The van der Waals surface area contributed by atoms with Gasteiger partial charge in [0.15, 0.2) is 11.5 Å². The van der Waals surface area contributed by atoms with Crippen LogP contribution in [0.25, 0.3) is 0 Å². The lowest BCUT2D eigenvalue weighted by molar-refractivity contribution is 0.152. The van der Waals surface area contributed by atoms with E-state index in [2.05, 4.69) is 6.07 Å². The van der Waals surface area contributed by atoms with Crippen LogP contribution in [0.15, 0.2) is 18.2 Å². The number of carbonyl (C=O) groups is 1. The molecule has 0 aliphatic carbocycles. The average molecular weight is 276 g/mol. The van der Waals surface area contributed by atoms with Crippen LogP contribution in [0.4, 0.5) is 4.79 Å². The fourth-order valence-corrected chi connectivity index (χ4v) is 1.86. The number of benzene rings is 1. The van der Waals surface area contributed by atoms with Gasteiger partial charge in [0.25, 0.3) is 0 Å². The normalized spacial score (nSPS) is 13.8. The first-order valence-corrected chi connectivity index (χ1v) is 6.46. The fraction of sp³-hybridized carbons (Fsp3) is 0.429. The first kappa shape index (κ1) is 14.0. The molecule has 1 aliphatic heterocycles. The number of amides is 1. The van der Waals surface area contributed by atoms with E-state index in [1.54, 1.807) is 23.1 Å². The van der Waals surface area contributed by atoms with E-state index in [1.165, 1.54) is 0 Å². The number of cyclic esters (lactones) is 1. The smallest absolute Gasteiger partial charge is 0.410 e. The molecule has 1 aliphatic rings. The lowest BCUT2D eigenvalue weighted by Crippen LogP contribution is -2.29. The second-order valence-corrected chi connectivity index (χ2v) is 4.16. The number of hydrogen-bond donors (Lipinski definition) is 0. The summed E-state index contributed by atoms with van der Waals surface area (Å²) in [6.45, 7) is 4.19. The van der Waals surface area contributed by atoms with E-state index in [-0.39, 0.29) is 6.09 Å². The predicted molar refractivity (Wildman–Crippen MR) is 70.7 cm³/mol. The Balaban J connectivity index is 1.94. The number of nitrogens with zero attached hydrogens (tertiary/aromatic N) is 2. The van der Waals surface area contributed by atoms with Crippen molar-refractivity contribution in [1.82, 2.24) is 4.90 Å². The Kier molecular flexibility index (Phi) is 4.66. The maximum Gasteiger partial charge on any atom is 0.410 e. The summed E-state index contributed by atoms with van der Waals surface area (Å²) in [6.07, 6.45) is -0.307.